The molecule has 0 aliphatic carbocycles. The second kappa shape index (κ2) is 9.34. The van der Waals surface area contributed by atoms with Gasteiger partial charge in [-0.3, -0.25) is 4.79 Å². The average Bonchev–Trinajstić information content (AvgIpc) is 2.77. The highest BCUT2D eigenvalue weighted by atomic mass is 79.9. The molecule has 0 unspecified atom stereocenters. The predicted molar refractivity (Wildman–Crippen MR) is 113 cm³/mol. The van der Waals surface area contributed by atoms with Gasteiger partial charge in [0.2, 0.25) is 15.4 Å². The molecule has 37 heavy (non-hydrogen) atoms. The first kappa shape index (κ1) is 28.5. The molecule has 0 radical (unpaired) electrons. The summed E-state index contributed by atoms with van der Waals surface area (Å²) in [5.74, 6) is -5.67. The van der Waals surface area contributed by atoms with Gasteiger partial charge in [0.1, 0.15) is 0 Å². The zero-order valence-electron chi connectivity index (χ0n) is 17.5. The zero-order chi connectivity index (χ0) is 28.1. The van der Waals surface area contributed by atoms with Gasteiger partial charge in [-0.15, -0.1) is 0 Å². The number of nitrogens with one attached hydrogen (secondary N) is 1. The number of carbonyl (C=O) groups is 1. The summed E-state index contributed by atoms with van der Waals surface area (Å²) in [5, 5.41) is 14.1. The lowest BCUT2D eigenvalue weighted by molar-refractivity contribution is -0.577. The molecule has 17 heteroatoms. The fourth-order valence-corrected chi connectivity index (χ4v) is 4.84. The van der Waals surface area contributed by atoms with Crippen LogP contribution in [-0.4, -0.2) is 32.4 Å². The van der Waals surface area contributed by atoms with Crippen LogP contribution in [0.2, 0.25) is 0 Å². The van der Waals surface area contributed by atoms with Crippen LogP contribution in [0.4, 0.5) is 45.2 Å². The summed E-state index contributed by atoms with van der Waals surface area (Å²) in [6, 6.07) is 5.53. The van der Waals surface area contributed by atoms with E-state index in [1.54, 1.807) is 5.32 Å². The first-order chi connectivity index (χ1) is 16.8. The zero-order valence-corrected chi connectivity index (χ0v) is 19.9. The summed E-state index contributed by atoms with van der Waals surface area (Å²) in [6.07, 6.45) is -12.3. The molecule has 1 aromatic heterocycles. The third-order valence-electron chi connectivity index (χ3n) is 5.04. The van der Waals surface area contributed by atoms with Gasteiger partial charge < -0.3 is 10.5 Å². The molecule has 0 atom stereocenters. The van der Waals surface area contributed by atoms with Crippen molar-refractivity contribution in [3.05, 3.63) is 69.5 Å². The molecular weight excluding hydrogens is 615 g/mol. The third-order valence-corrected chi connectivity index (χ3v) is 7.07. The number of alkyl halides is 9. The fourth-order valence-electron chi connectivity index (χ4n) is 3.22. The van der Waals surface area contributed by atoms with Crippen LogP contribution in [0.15, 0.2) is 58.0 Å². The highest BCUT2D eigenvalue weighted by Crippen LogP contribution is 2.54. The second-order valence-corrected chi connectivity index (χ2v) is 10.1. The van der Waals surface area contributed by atoms with Crippen molar-refractivity contribution in [2.24, 2.45) is 0 Å². The number of nitrogens with zero attached hydrogens (tertiary/aromatic N) is 1. The van der Waals surface area contributed by atoms with Gasteiger partial charge in [-0.1, -0.05) is 0 Å². The number of fused-ring (bicyclic) bond motifs is 1. The van der Waals surface area contributed by atoms with E-state index < -0.39 is 66.2 Å². The van der Waals surface area contributed by atoms with Gasteiger partial charge in [0.15, 0.2) is 6.20 Å². The lowest BCUT2D eigenvalue weighted by Crippen LogP contribution is -2.50. The minimum atomic E-state index is -6.68. The number of rotatable bonds is 5. The van der Waals surface area contributed by atoms with Gasteiger partial charge in [-0.25, -0.2) is 12.8 Å². The van der Waals surface area contributed by atoms with E-state index in [-0.39, 0.29) is 17.1 Å². The maximum Gasteiger partial charge on any atom is 0.435 e. The van der Waals surface area contributed by atoms with Crippen LogP contribution in [0.1, 0.15) is 15.9 Å². The van der Waals surface area contributed by atoms with E-state index >= 15 is 0 Å². The molecule has 0 spiro atoms. The minimum Gasteiger partial charge on any atom is -0.618 e. The molecule has 1 amide bonds. The van der Waals surface area contributed by atoms with Crippen LogP contribution < -0.4 is 10.0 Å². The largest absolute Gasteiger partial charge is 0.618 e. The molecule has 0 aliphatic heterocycles. The molecule has 0 saturated heterocycles. The number of pyridine rings is 1. The van der Waals surface area contributed by atoms with E-state index in [9.17, 15) is 57.9 Å². The van der Waals surface area contributed by atoms with E-state index in [4.69, 9.17) is 0 Å². The molecule has 1 N–H and O–H groups in total. The Labute approximate surface area is 209 Å². The van der Waals surface area contributed by atoms with Crippen molar-refractivity contribution in [2.45, 2.75) is 28.7 Å². The average molecular weight is 625 g/mol. The molecule has 1 heterocycles. The Morgan fingerprint density at radius 2 is 1.57 bits per heavy atom. The van der Waals surface area contributed by atoms with Crippen molar-refractivity contribution in [3.8, 4) is 0 Å². The van der Waals surface area contributed by atoms with E-state index in [0.29, 0.717) is 10.1 Å². The molecule has 6 nitrogen and oxygen atoms in total. The van der Waals surface area contributed by atoms with E-state index in [0.717, 1.165) is 18.3 Å². The topological polar surface area (TPSA) is 90.2 Å². The Bertz CT molecular complexity index is 1480. The molecular formula is C20H10BrF9N2O4S. The number of hydrogen-bond acceptors (Lipinski definition) is 4. The quantitative estimate of drug-likeness (QED) is 0.222. The number of carbonyl (C=O) groups excluding carboxylic acids is 1. The van der Waals surface area contributed by atoms with E-state index in [1.165, 1.54) is 18.2 Å². The van der Waals surface area contributed by atoms with Crippen LogP contribution in [0, 0.1) is 5.21 Å². The summed E-state index contributed by atoms with van der Waals surface area (Å²) < 4.78 is 144. The van der Waals surface area contributed by atoms with Crippen molar-refractivity contribution in [2.75, 3.05) is 5.32 Å². The van der Waals surface area contributed by atoms with Crippen LogP contribution >= 0.6 is 15.9 Å². The number of aromatic nitrogens is 1. The van der Waals surface area contributed by atoms with E-state index in [1.807, 2.05) is 0 Å². The Kier molecular flexibility index (Phi) is 7.19. The molecule has 3 rings (SSSR count). The summed E-state index contributed by atoms with van der Waals surface area (Å²) in [6.45, 7) is 0. The van der Waals surface area contributed by atoms with Crippen LogP contribution in [0.3, 0.4) is 0 Å². The van der Waals surface area contributed by atoms with E-state index in [2.05, 4.69) is 15.9 Å². The smallest absolute Gasteiger partial charge is 0.435 e. The Hall–Kier alpha value is -3.08. The summed E-state index contributed by atoms with van der Waals surface area (Å²) in [5.41, 5.74) is -10.2. The fraction of sp³-hybridized carbons (Fsp3) is 0.200. The maximum atomic E-state index is 14.6. The van der Waals surface area contributed by atoms with Gasteiger partial charge in [-0.2, -0.15) is 39.9 Å². The summed E-state index contributed by atoms with van der Waals surface area (Å²) in [4.78, 5) is 10.8. The van der Waals surface area contributed by atoms with Gasteiger partial charge >= 0.3 is 23.8 Å². The maximum absolute atomic E-state index is 14.6. The summed E-state index contributed by atoms with van der Waals surface area (Å²) >= 11 is 2.44. The van der Waals surface area contributed by atoms with Crippen LogP contribution in [-0.2, 0) is 15.5 Å². The molecule has 0 bridgehead atoms. The third kappa shape index (κ3) is 4.93. The monoisotopic (exact) mass is 624 g/mol. The van der Waals surface area contributed by atoms with Crippen molar-refractivity contribution >= 4 is 48.3 Å². The number of hydrogen-bond donors (Lipinski definition) is 1. The minimum absolute atomic E-state index is 0.0671. The first-order valence-electron chi connectivity index (χ1n) is 9.44. The molecule has 2 aromatic carbocycles. The number of sulfone groups is 1. The number of benzene rings is 2. The van der Waals surface area contributed by atoms with Gasteiger partial charge in [-0.05, 0) is 46.3 Å². The second-order valence-electron chi connectivity index (χ2n) is 7.35. The number of anilines is 1. The molecule has 0 aliphatic rings. The lowest BCUT2D eigenvalue weighted by atomic mass is 9.94. The molecule has 0 fully saturated rings. The Balaban J connectivity index is 2.23. The number of amides is 1. The molecule has 3 aromatic rings. The van der Waals surface area contributed by atoms with Crippen LogP contribution in [0.5, 0.6) is 0 Å². The molecule has 200 valence electrons. The lowest BCUT2D eigenvalue weighted by Gasteiger charge is -2.31. The van der Waals surface area contributed by atoms with Gasteiger partial charge in [0, 0.05) is 33.1 Å². The van der Waals surface area contributed by atoms with Crippen molar-refractivity contribution in [1.82, 2.24) is 0 Å². The first-order valence-corrected chi connectivity index (χ1v) is 11.8. The van der Waals surface area contributed by atoms with Crippen LogP contribution in [0.25, 0.3) is 10.9 Å². The predicted octanol–water partition coefficient (Wildman–Crippen LogP) is 5.77. The van der Waals surface area contributed by atoms with Gasteiger partial charge in [0.05, 0.1) is 10.6 Å². The molecule has 0 saturated carbocycles. The van der Waals surface area contributed by atoms with Crippen molar-refractivity contribution in [3.63, 3.8) is 0 Å². The standard InChI is InChI=1S/C20H10BrF9N2O4S/c21-12-7-11(18(24,19(25,26)27)20(28,29)30)8-14(37(35,36)17(22)23)15(12)31-16(33)10-4-3-9-2-1-5-32(34)13(9)6-10/h1-8,17H,(H,31,33). The Morgan fingerprint density at radius 1 is 0.973 bits per heavy atom. The van der Waals surface area contributed by atoms with Crippen molar-refractivity contribution < 1.29 is 57.5 Å². The highest BCUT2D eigenvalue weighted by Gasteiger charge is 2.73. The van der Waals surface area contributed by atoms with Crippen molar-refractivity contribution in [1.29, 1.82) is 0 Å². The van der Waals surface area contributed by atoms with Gasteiger partial charge in [0.25, 0.3) is 5.91 Å². The Morgan fingerprint density at radius 3 is 2.11 bits per heavy atom. The number of halogens is 10. The SMILES string of the molecule is O=C(Nc1c(Br)cc(C(F)(C(F)(F)F)C(F)(F)F)cc1S(=O)(=O)C(F)F)c1ccc2ccc[n+]([O-])c2c1. The highest BCUT2D eigenvalue weighted by molar-refractivity contribution is 9.10. The normalized spacial score (nSPS) is 13.3. The summed E-state index contributed by atoms with van der Waals surface area (Å²) in [7, 11) is -6.01.